The third-order valence-corrected chi connectivity index (χ3v) is 5.21. The molecule has 0 saturated heterocycles. The van der Waals surface area contributed by atoms with Gasteiger partial charge >= 0.3 is 0 Å². The molecule has 0 spiro atoms. The van der Waals surface area contributed by atoms with Gasteiger partial charge in [0.25, 0.3) is 0 Å². The molecule has 0 heterocycles. The van der Waals surface area contributed by atoms with Gasteiger partial charge < -0.3 is 10.6 Å². The number of aliphatic imine (C=N–C) groups is 1. The molecule has 0 aromatic heterocycles. The van der Waals surface area contributed by atoms with Gasteiger partial charge in [0.05, 0.1) is 4.90 Å². The quantitative estimate of drug-likeness (QED) is 0.275. The van der Waals surface area contributed by atoms with E-state index < -0.39 is 10.0 Å². The van der Waals surface area contributed by atoms with E-state index in [2.05, 4.69) is 15.6 Å². The number of nitrogens with one attached hydrogen (secondary N) is 2. The van der Waals surface area contributed by atoms with Crippen molar-refractivity contribution in [2.45, 2.75) is 24.7 Å². The summed E-state index contributed by atoms with van der Waals surface area (Å²) < 4.78 is 22.6. The molecular formula is C19H26ClIN4O2S. The number of hydrogen-bond acceptors (Lipinski definition) is 3. The average molecular weight is 537 g/mol. The van der Waals surface area contributed by atoms with Crippen molar-refractivity contribution in [3.8, 4) is 0 Å². The number of guanidine groups is 1. The maximum atomic E-state index is 11.3. The fraction of sp³-hybridized carbons (Fsp3) is 0.316. The predicted molar refractivity (Wildman–Crippen MR) is 126 cm³/mol. The number of sulfonamides is 1. The van der Waals surface area contributed by atoms with Crippen LogP contribution in [0.4, 0.5) is 0 Å². The molecule has 2 aromatic carbocycles. The van der Waals surface area contributed by atoms with Crippen molar-refractivity contribution < 1.29 is 8.42 Å². The molecule has 0 atom stereocenters. The van der Waals surface area contributed by atoms with Gasteiger partial charge in [-0.1, -0.05) is 41.9 Å². The molecule has 2 aromatic rings. The minimum Gasteiger partial charge on any atom is -0.357 e. The Morgan fingerprint density at radius 1 is 1.07 bits per heavy atom. The number of rotatable bonds is 8. The van der Waals surface area contributed by atoms with Crippen molar-refractivity contribution >= 4 is 51.6 Å². The van der Waals surface area contributed by atoms with Gasteiger partial charge in [-0.05, 0) is 49.1 Å². The first-order chi connectivity index (χ1) is 12.9. The molecule has 154 valence electrons. The van der Waals surface area contributed by atoms with Gasteiger partial charge in [0.1, 0.15) is 0 Å². The summed E-state index contributed by atoms with van der Waals surface area (Å²) in [7, 11) is -3.65. The summed E-state index contributed by atoms with van der Waals surface area (Å²) in [5.41, 5.74) is 2.09. The second-order valence-electron chi connectivity index (χ2n) is 5.97. The third-order valence-electron chi connectivity index (χ3n) is 3.91. The monoisotopic (exact) mass is 536 g/mol. The van der Waals surface area contributed by atoms with Crippen molar-refractivity contribution in [1.29, 1.82) is 0 Å². The fourth-order valence-corrected chi connectivity index (χ4v) is 3.25. The summed E-state index contributed by atoms with van der Waals surface area (Å²) in [6.07, 6.45) is 1.51. The molecule has 0 bridgehead atoms. The van der Waals surface area contributed by atoms with Crippen LogP contribution in [0.3, 0.4) is 0 Å². The molecule has 0 aliphatic heterocycles. The zero-order chi connectivity index (χ0) is 19.7. The summed E-state index contributed by atoms with van der Waals surface area (Å²) in [4.78, 5) is 4.69. The summed E-state index contributed by atoms with van der Waals surface area (Å²) in [5, 5.41) is 12.4. The van der Waals surface area contributed by atoms with E-state index in [1.807, 2.05) is 31.2 Å². The Morgan fingerprint density at radius 3 is 2.36 bits per heavy atom. The van der Waals surface area contributed by atoms with Gasteiger partial charge in [-0.2, -0.15) is 0 Å². The SMILES string of the molecule is CCNC(=NCCc1ccccc1Cl)NCCc1ccc(S(N)(=O)=O)cc1.I. The Labute approximate surface area is 189 Å². The van der Waals surface area contributed by atoms with Crippen molar-refractivity contribution in [2.75, 3.05) is 19.6 Å². The first-order valence-corrected chi connectivity index (χ1v) is 10.7. The van der Waals surface area contributed by atoms with E-state index in [9.17, 15) is 8.42 Å². The van der Waals surface area contributed by atoms with Gasteiger partial charge in [0, 0.05) is 24.7 Å². The van der Waals surface area contributed by atoms with Crippen LogP contribution in [0, 0.1) is 0 Å². The van der Waals surface area contributed by atoms with Crippen molar-refractivity contribution in [3.63, 3.8) is 0 Å². The highest BCUT2D eigenvalue weighted by molar-refractivity contribution is 14.0. The summed E-state index contributed by atoms with van der Waals surface area (Å²) in [6, 6.07) is 14.3. The molecule has 0 aliphatic rings. The number of nitrogens with two attached hydrogens (primary N) is 1. The second kappa shape index (κ2) is 12.3. The minimum atomic E-state index is -3.65. The number of benzene rings is 2. The highest BCUT2D eigenvalue weighted by atomic mass is 127. The second-order valence-corrected chi connectivity index (χ2v) is 7.94. The van der Waals surface area contributed by atoms with E-state index in [0.717, 1.165) is 41.5 Å². The van der Waals surface area contributed by atoms with Crippen LogP contribution in [-0.2, 0) is 22.9 Å². The van der Waals surface area contributed by atoms with Crippen LogP contribution in [0.2, 0.25) is 5.02 Å². The molecule has 0 fully saturated rings. The smallest absolute Gasteiger partial charge is 0.238 e. The number of primary sulfonamides is 1. The molecule has 6 nitrogen and oxygen atoms in total. The maximum Gasteiger partial charge on any atom is 0.238 e. The molecule has 28 heavy (non-hydrogen) atoms. The van der Waals surface area contributed by atoms with Crippen LogP contribution in [0.25, 0.3) is 0 Å². The Hall–Kier alpha value is -1.36. The van der Waals surface area contributed by atoms with Crippen LogP contribution in [0.15, 0.2) is 58.4 Å². The molecule has 0 radical (unpaired) electrons. The highest BCUT2D eigenvalue weighted by Gasteiger charge is 2.06. The van der Waals surface area contributed by atoms with E-state index in [1.165, 1.54) is 12.1 Å². The molecular weight excluding hydrogens is 511 g/mol. The molecule has 0 amide bonds. The van der Waals surface area contributed by atoms with Crippen LogP contribution < -0.4 is 15.8 Å². The lowest BCUT2D eigenvalue weighted by molar-refractivity contribution is 0.598. The summed E-state index contributed by atoms with van der Waals surface area (Å²) >= 11 is 6.17. The topological polar surface area (TPSA) is 96.6 Å². The average Bonchev–Trinajstić information content (AvgIpc) is 2.63. The van der Waals surface area contributed by atoms with Gasteiger partial charge in [-0.3, -0.25) is 4.99 Å². The lowest BCUT2D eigenvalue weighted by atomic mass is 10.1. The molecule has 0 saturated carbocycles. The third kappa shape index (κ3) is 8.34. The zero-order valence-electron chi connectivity index (χ0n) is 15.7. The largest absolute Gasteiger partial charge is 0.357 e. The number of hydrogen-bond donors (Lipinski definition) is 3. The van der Waals surface area contributed by atoms with Crippen molar-refractivity contribution in [1.82, 2.24) is 10.6 Å². The molecule has 0 unspecified atom stereocenters. The standard InChI is InChI=1S/C19H25ClN4O2S.HI/c1-2-22-19(24-14-12-16-5-3-4-6-18(16)20)23-13-11-15-7-9-17(10-8-15)27(21,25)26;/h3-10H,2,11-14H2,1H3,(H2,21,25,26)(H2,22,23,24);1H. The highest BCUT2D eigenvalue weighted by Crippen LogP contribution is 2.15. The van der Waals surface area contributed by atoms with Crippen LogP contribution in [0.5, 0.6) is 0 Å². The van der Waals surface area contributed by atoms with E-state index in [0.29, 0.717) is 13.1 Å². The van der Waals surface area contributed by atoms with Crippen LogP contribution in [0.1, 0.15) is 18.1 Å². The van der Waals surface area contributed by atoms with Crippen LogP contribution in [-0.4, -0.2) is 34.0 Å². The lowest BCUT2D eigenvalue weighted by Crippen LogP contribution is -2.38. The lowest BCUT2D eigenvalue weighted by Gasteiger charge is -2.11. The van der Waals surface area contributed by atoms with E-state index in [-0.39, 0.29) is 28.9 Å². The Morgan fingerprint density at radius 2 is 1.75 bits per heavy atom. The molecule has 9 heteroatoms. The predicted octanol–water partition coefficient (Wildman–Crippen LogP) is 2.95. The normalized spacial score (nSPS) is 11.6. The number of halogens is 2. The van der Waals surface area contributed by atoms with E-state index >= 15 is 0 Å². The maximum absolute atomic E-state index is 11.3. The Kier molecular flexibility index (Phi) is 10.8. The summed E-state index contributed by atoms with van der Waals surface area (Å²) in [5.74, 6) is 0.741. The van der Waals surface area contributed by atoms with Crippen LogP contribution >= 0.6 is 35.6 Å². The Bertz CT molecular complexity index is 874. The fourth-order valence-electron chi connectivity index (χ4n) is 2.50. The van der Waals surface area contributed by atoms with E-state index in [4.69, 9.17) is 16.7 Å². The van der Waals surface area contributed by atoms with E-state index in [1.54, 1.807) is 12.1 Å². The van der Waals surface area contributed by atoms with Crippen molar-refractivity contribution in [3.05, 3.63) is 64.7 Å². The number of nitrogens with zero attached hydrogens (tertiary/aromatic N) is 1. The van der Waals surface area contributed by atoms with Crippen molar-refractivity contribution in [2.24, 2.45) is 10.1 Å². The zero-order valence-corrected chi connectivity index (χ0v) is 19.6. The summed E-state index contributed by atoms with van der Waals surface area (Å²) in [6.45, 7) is 4.08. The van der Waals surface area contributed by atoms with Gasteiger partial charge in [-0.25, -0.2) is 13.6 Å². The molecule has 0 aliphatic carbocycles. The van der Waals surface area contributed by atoms with Gasteiger partial charge in [0.15, 0.2) is 5.96 Å². The molecule has 2 rings (SSSR count). The minimum absolute atomic E-state index is 0. The van der Waals surface area contributed by atoms with Gasteiger partial charge in [0.2, 0.25) is 10.0 Å². The molecule has 4 N–H and O–H groups in total. The van der Waals surface area contributed by atoms with Gasteiger partial charge in [-0.15, -0.1) is 24.0 Å². The first-order valence-electron chi connectivity index (χ1n) is 8.77. The first kappa shape index (κ1) is 24.7. The Balaban J connectivity index is 0.00000392.